The van der Waals surface area contributed by atoms with E-state index >= 15 is 0 Å². The Morgan fingerprint density at radius 1 is 1.45 bits per heavy atom. The Balaban J connectivity index is 1.92. The minimum Gasteiger partial charge on any atom is -0.437 e. The van der Waals surface area contributed by atoms with Gasteiger partial charge in [-0.1, -0.05) is 0 Å². The molecule has 0 amide bonds. The van der Waals surface area contributed by atoms with Gasteiger partial charge in [0.05, 0.1) is 17.3 Å². The summed E-state index contributed by atoms with van der Waals surface area (Å²) >= 11 is 0.832. The van der Waals surface area contributed by atoms with Crippen molar-refractivity contribution < 1.29 is 37.5 Å². The van der Waals surface area contributed by atoms with Crippen molar-refractivity contribution in [1.82, 2.24) is 9.55 Å². The topological polar surface area (TPSA) is 163 Å². The number of aromatic nitrogens is 2. The Morgan fingerprint density at radius 2 is 2.10 bits per heavy atom. The van der Waals surface area contributed by atoms with E-state index in [0.29, 0.717) is 0 Å². The van der Waals surface area contributed by atoms with Crippen molar-refractivity contribution in [2.75, 3.05) is 19.1 Å². The molecule has 2 rings (SSSR count). The van der Waals surface area contributed by atoms with Crippen LogP contribution in [0.4, 0.5) is 10.2 Å². The Kier molecular flexibility index (Phi) is 7.47. The van der Waals surface area contributed by atoms with E-state index in [2.05, 4.69) is 9.51 Å². The monoisotopic (exact) mass is 455 g/mol. The largest absolute Gasteiger partial charge is 0.475 e. The molecular formula is C15H23FN3O8PS. The summed E-state index contributed by atoms with van der Waals surface area (Å²) in [5, 5.41) is 7.96. The molecule has 1 aliphatic rings. The lowest BCUT2D eigenvalue weighted by Gasteiger charge is -2.19. The van der Waals surface area contributed by atoms with Crippen LogP contribution in [0.3, 0.4) is 0 Å². The molecule has 164 valence electrons. The molecule has 0 aromatic carbocycles. The summed E-state index contributed by atoms with van der Waals surface area (Å²) < 4.78 is 41.3. The van der Waals surface area contributed by atoms with Crippen LogP contribution in [0, 0.1) is 5.41 Å². The molecule has 1 saturated heterocycles. The van der Waals surface area contributed by atoms with Crippen LogP contribution >= 0.6 is 19.6 Å². The number of nitrogen functional groups attached to an aromatic ring is 1. The van der Waals surface area contributed by atoms with Gasteiger partial charge in [0.2, 0.25) is 6.79 Å². The molecule has 1 aromatic heterocycles. The number of hydrogen-bond donors (Lipinski definition) is 3. The Hall–Kier alpha value is -1.50. The van der Waals surface area contributed by atoms with Gasteiger partial charge >= 0.3 is 19.5 Å². The molecule has 0 aliphatic carbocycles. The highest BCUT2D eigenvalue weighted by Gasteiger charge is 2.46. The third-order valence-electron chi connectivity index (χ3n) is 3.84. The summed E-state index contributed by atoms with van der Waals surface area (Å²) in [7, 11) is -4.63. The zero-order chi connectivity index (χ0) is 22.0. The number of halogens is 1. The number of phosphoric ester groups is 1. The van der Waals surface area contributed by atoms with Crippen LogP contribution in [-0.2, 0) is 23.1 Å². The lowest BCUT2D eigenvalue weighted by molar-refractivity contribution is -0.160. The van der Waals surface area contributed by atoms with E-state index in [0.717, 1.165) is 16.3 Å². The number of thioether (sulfide) groups is 1. The lowest BCUT2D eigenvalue weighted by Crippen LogP contribution is -2.33. The summed E-state index contributed by atoms with van der Waals surface area (Å²) in [6.07, 6.45) is -2.19. The maximum atomic E-state index is 14.5. The average molecular weight is 455 g/mol. The van der Waals surface area contributed by atoms with Gasteiger partial charge in [0, 0.05) is 6.20 Å². The molecule has 0 radical (unpaired) electrons. The van der Waals surface area contributed by atoms with Gasteiger partial charge in [-0.15, -0.1) is 11.8 Å². The highest BCUT2D eigenvalue weighted by Crippen LogP contribution is 2.48. The number of carbonyl (C=O) groups excluding carboxylic acids is 1. The molecule has 11 nitrogen and oxygen atoms in total. The number of carbonyl (C=O) groups is 1. The second-order valence-corrected chi connectivity index (χ2v) is 10.0. The number of anilines is 1. The number of rotatable bonds is 7. The molecule has 1 aromatic rings. The third kappa shape index (κ3) is 6.24. The zero-order valence-electron chi connectivity index (χ0n) is 15.9. The summed E-state index contributed by atoms with van der Waals surface area (Å²) in [5.74, 6) is -0.680. The van der Waals surface area contributed by atoms with Gasteiger partial charge in [-0.2, -0.15) is 4.98 Å². The second kappa shape index (κ2) is 9.11. The molecular weight excluding hydrogens is 432 g/mol. The van der Waals surface area contributed by atoms with E-state index < -0.39 is 61.2 Å². The van der Waals surface area contributed by atoms with Crippen LogP contribution in [0.1, 0.15) is 26.1 Å². The lowest BCUT2D eigenvalue weighted by atomic mass is 9.98. The predicted octanol–water partition coefficient (Wildman–Crippen LogP) is 0.819. The third-order valence-corrected chi connectivity index (χ3v) is 6.28. The van der Waals surface area contributed by atoms with Crippen molar-refractivity contribution in [2.45, 2.75) is 43.7 Å². The normalized spacial score (nSPS) is 26.8. The number of phosphoric acid groups is 1. The highest BCUT2D eigenvalue weighted by atomic mass is 32.2. The number of ether oxygens (including phenoxy) is 1. The Bertz CT molecular complexity index is 848. The molecule has 5 atom stereocenters. The molecule has 0 bridgehead atoms. The van der Waals surface area contributed by atoms with Crippen LogP contribution < -0.4 is 11.4 Å². The molecule has 1 aliphatic heterocycles. The van der Waals surface area contributed by atoms with E-state index in [1.807, 2.05) is 0 Å². The minimum absolute atomic E-state index is 0.0318. The number of aliphatic hydroxyl groups is 1. The molecule has 1 unspecified atom stereocenters. The second-order valence-electron chi connectivity index (χ2n) is 7.24. The first-order valence-corrected chi connectivity index (χ1v) is 10.9. The minimum atomic E-state index is -4.63. The predicted molar refractivity (Wildman–Crippen MR) is 102 cm³/mol. The van der Waals surface area contributed by atoms with E-state index in [-0.39, 0.29) is 5.82 Å². The van der Waals surface area contributed by atoms with E-state index in [9.17, 15) is 28.5 Å². The van der Waals surface area contributed by atoms with Crippen LogP contribution in [0.5, 0.6) is 0 Å². The van der Waals surface area contributed by atoms with Gasteiger partial charge in [-0.25, -0.2) is 18.3 Å². The standard InChI is InChI=1S/C15H23FN3O8PS/c1-15(2,3)13(21)25-7-27-28(23,24)26-6-8-11(20)10(16)12(29-8)19-5-4-9(17)18-14(19)22/h4-5,8,10-12,20H,6-7H2,1-3H3,(H,23,24)(H2,17,18,22)/t8-,10+,11-,12-/m1/s1. The molecule has 29 heavy (non-hydrogen) atoms. The zero-order valence-corrected chi connectivity index (χ0v) is 17.6. The van der Waals surface area contributed by atoms with Gasteiger partial charge in [0.25, 0.3) is 0 Å². The van der Waals surface area contributed by atoms with Gasteiger partial charge < -0.3 is 20.5 Å². The van der Waals surface area contributed by atoms with Gasteiger partial charge in [-0.3, -0.25) is 13.9 Å². The van der Waals surface area contributed by atoms with E-state index in [4.69, 9.17) is 15.0 Å². The smallest absolute Gasteiger partial charge is 0.437 e. The maximum Gasteiger partial charge on any atom is 0.475 e. The fourth-order valence-electron chi connectivity index (χ4n) is 2.25. The number of nitrogens with two attached hydrogens (primary N) is 1. The van der Waals surface area contributed by atoms with Crippen LogP contribution in [-0.4, -0.2) is 56.4 Å². The van der Waals surface area contributed by atoms with E-state index in [1.165, 1.54) is 12.3 Å². The van der Waals surface area contributed by atoms with Crippen molar-refractivity contribution in [3.8, 4) is 0 Å². The van der Waals surface area contributed by atoms with Crippen molar-refractivity contribution in [3.05, 3.63) is 22.7 Å². The van der Waals surface area contributed by atoms with Crippen molar-refractivity contribution in [1.29, 1.82) is 0 Å². The van der Waals surface area contributed by atoms with Crippen LogP contribution in [0.25, 0.3) is 0 Å². The summed E-state index contributed by atoms with van der Waals surface area (Å²) in [4.78, 5) is 36.6. The van der Waals surface area contributed by atoms with Gasteiger partial charge in [-0.05, 0) is 26.8 Å². The quantitative estimate of drug-likeness (QED) is 0.303. The van der Waals surface area contributed by atoms with E-state index in [1.54, 1.807) is 20.8 Å². The molecule has 0 spiro atoms. The summed E-state index contributed by atoms with van der Waals surface area (Å²) in [5.41, 5.74) is 3.77. The number of nitrogens with zero attached hydrogens (tertiary/aromatic N) is 2. The average Bonchev–Trinajstić information content (AvgIpc) is 2.87. The Morgan fingerprint density at radius 3 is 2.69 bits per heavy atom. The number of hydrogen-bond acceptors (Lipinski definition) is 10. The van der Waals surface area contributed by atoms with Gasteiger partial charge in [0.1, 0.15) is 17.3 Å². The molecule has 1 fully saturated rings. The van der Waals surface area contributed by atoms with Crippen molar-refractivity contribution in [3.63, 3.8) is 0 Å². The first kappa shape index (κ1) is 23.8. The number of alkyl halides is 1. The van der Waals surface area contributed by atoms with Crippen molar-refractivity contribution in [2.24, 2.45) is 5.41 Å². The fourth-order valence-corrected chi connectivity index (χ4v) is 4.38. The molecule has 14 heteroatoms. The fraction of sp³-hybridized carbons (Fsp3) is 0.667. The first-order chi connectivity index (χ1) is 13.3. The Labute approximate surface area is 170 Å². The summed E-state index contributed by atoms with van der Waals surface area (Å²) in [6, 6.07) is 1.31. The SMILES string of the molecule is CC(C)(C)C(=O)OCOP(=O)(O)OC[C@H]1S[C@@H](n2ccc(N)nc2=O)[C@@H](F)[C@@H]1O. The van der Waals surface area contributed by atoms with Crippen LogP contribution in [0.15, 0.2) is 17.1 Å². The highest BCUT2D eigenvalue weighted by molar-refractivity contribution is 8.00. The maximum absolute atomic E-state index is 14.5. The number of aliphatic hydroxyl groups excluding tert-OH is 1. The first-order valence-electron chi connectivity index (χ1n) is 8.43. The van der Waals surface area contributed by atoms with Crippen LogP contribution in [0.2, 0.25) is 0 Å². The molecule has 0 saturated carbocycles. The summed E-state index contributed by atoms with van der Waals surface area (Å²) in [6.45, 7) is 3.41. The molecule has 4 N–H and O–H groups in total. The van der Waals surface area contributed by atoms with Gasteiger partial charge in [0.15, 0.2) is 6.17 Å². The number of esters is 1. The van der Waals surface area contributed by atoms with Crippen molar-refractivity contribution >= 4 is 31.4 Å². The molecule has 2 heterocycles.